The largest absolute Gasteiger partial charge is 0.337 e. The van der Waals surface area contributed by atoms with Gasteiger partial charge in [-0.1, -0.05) is 19.1 Å². The zero-order valence-electron chi connectivity index (χ0n) is 11.4. The average molecular weight is 275 g/mol. The van der Waals surface area contributed by atoms with Gasteiger partial charge in [-0.25, -0.2) is 4.98 Å². The fourth-order valence-electron chi connectivity index (χ4n) is 1.83. The lowest BCUT2D eigenvalue weighted by Crippen LogP contribution is -2.11. The van der Waals surface area contributed by atoms with Gasteiger partial charge in [-0.3, -0.25) is 0 Å². The number of aromatic nitrogens is 2. The number of thioether (sulfide) groups is 1. The summed E-state index contributed by atoms with van der Waals surface area (Å²) in [6.45, 7) is 5.16. The Morgan fingerprint density at radius 1 is 1.26 bits per heavy atom. The van der Waals surface area contributed by atoms with Crippen LogP contribution < -0.4 is 5.32 Å². The maximum absolute atomic E-state index is 4.04. The van der Waals surface area contributed by atoms with E-state index >= 15 is 0 Å². The second-order valence-corrected chi connectivity index (χ2v) is 5.60. The molecule has 1 aromatic heterocycles. The van der Waals surface area contributed by atoms with Crippen LogP contribution in [0.5, 0.6) is 0 Å². The van der Waals surface area contributed by atoms with Crippen molar-refractivity contribution in [2.45, 2.75) is 31.3 Å². The van der Waals surface area contributed by atoms with Gasteiger partial charge in [0.1, 0.15) is 0 Å². The van der Waals surface area contributed by atoms with Gasteiger partial charge < -0.3 is 9.88 Å². The molecular weight excluding hydrogens is 254 g/mol. The lowest BCUT2D eigenvalue weighted by Gasteiger charge is -2.05. The van der Waals surface area contributed by atoms with Gasteiger partial charge in [0.05, 0.1) is 6.33 Å². The molecule has 0 spiro atoms. The average Bonchev–Trinajstić information content (AvgIpc) is 2.96. The molecule has 1 N–H and O–H groups in total. The lowest BCUT2D eigenvalue weighted by molar-refractivity contribution is 0.683. The van der Waals surface area contributed by atoms with E-state index in [1.54, 1.807) is 0 Å². The molecule has 0 bridgehead atoms. The molecule has 0 saturated heterocycles. The van der Waals surface area contributed by atoms with E-state index in [0.29, 0.717) is 0 Å². The van der Waals surface area contributed by atoms with E-state index in [9.17, 15) is 0 Å². The number of nitrogens with zero attached hydrogens (tertiary/aromatic N) is 2. The van der Waals surface area contributed by atoms with Crippen LogP contribution in [0.15, 0.2) is 47.9 Å². The fourth-order valence-corrected chi connectivity index (χ4v) is 2.67. The van der Waals surface area contributed by atoms with Crippen LogP contribution in [0.4, 0.5) is 0 Å². The quantitative estimate of drug-likeness (QED) is 0.593. The van der Waals surface area contributed by atoms with Crippen LogP contribution in [-0.2, 0) is 13.1 Å². The molecule has 0 fully saturated rings. The molecule has 1 heterocycles. The van der Waals surface area contributed by atoms with Gasteiger partial charge in [0.2, 0.25) is 0 Å². The summed E-state index contributed by atoms with van der Waals surface area (Å²) < 4.78 is 2.13. The van der Waals surface area contributed by atoms with E-state index in [4.69, 9.17) is 0 Å². The molecule has 4 heteroatoms. The van der Waals surface area contributed by atoms with Crippen molar-refractivity contribution in [1.29, 1.82) is 0 Å². The normalized spacial score (nSPS) is 10.8. The summed E-state index contributed by atoms with van der Waals surface area (Å²) in [4.78, 5) is 5.40. The van der Waals surface area contributed by atoms with Crippen molar-refractivity contribution in [2.24, 2.45) is 0 Å². The van der Waals surface area contributed by atoms with Crippen LogP contribution >= 0.6 is 11.8 Å². The molecule has 2 aromatic rings. The molecule has 0 radical (unpaired) electrons. The molecule has 0 aliphatic heterocycles. The summed E-state index contributed by atoms with van der Waals surface area (Å²) in [5, 5.41) is 3.34. The van der Waals surface area contributed by atoms with Crippen molar-refractivity contribution in [3.8, 4) is 0 Å². The number of imidazole rings is 1. The number of aryl methyl sites for hydroxylation is 1. The fraction of sp³-hybridized carbons (Fsp3) is 0.400. The Bertz CT molecular complexity index is 451. The molecule has 0 saturated carbocycles. The van der Waals surface area contributed by atoms with Gasteiger partial charge in [-0.15, -0.1) is 11.8 Å². The molecule has 0 aliphatic rings. The third-order valence-electron chi connectivity index (χ3n) is 2.89. The predicted molar refractivity (Wildman–Crippen MR) is 81.4 cm³/mol. The highest BCUT2D eigenvalue weighted by molar-refractivity contribution is 7.99. The number of nitrogens with one attached hydrogen (secondary N) is 1. The van der Waals surface area contributed by atoms with Crippen LogP contribution in [0.3, 0.4) is 0 Å². The maximum Gasteiger partial charge on any atom is 0.0945 e. The van der Waals surface area contributed by atoms with Gasteiger partial charge in [-0.05, 0) is 36.4 Å². The number of hydrogen-bond donors (Lipinski definition) is 1. The lowest BCUT2D eigenvalue weighted by atomic mass is 10.2. The minimum Gasteiger partial charge on any atom is -0.337 e. The van der Waals surface area contributed by atoms with Crippen LogP contribution in [0.25, 0.3) is 0 Å². The Labute approximate surface area is 119 Å². The third kappa shape index (κ3) is 5.09. The van der Waals surface area contributed by atoms with Crippen LogP contribution in [0.1, 0.15) is 18.9 Å². The Kier molecular flexibility index (Phi) is 5.98. The van der Waals surface area contributed by atoms with Crippen LogP contribution in [-0.4, -0.2) is 21.8 Å². The molecule has 3 nitrogen and oxygen atoms in total. The standard InChI is InChI=1S/C15H21N3S/c1-2-16-12-14-4-6-15(7-5-14)19-11-3-9-18-10-8-17-13-18/h4-8,10,13,16H,2-3,9,11-12H2,1H3. The van der Waals surface area contributed by atoms with Crippen molar-refractivity contribution in [1.82, 2.24) is 14.9 Å². The zero-order valence-corrected chi connectivity index (χ0v) is 12.2. The minimum absolute atomic E-state index is 0.960. The van der Waals surface area contributed by atoms with Crippen molar-refractivity contribution in [2.75, 3.05) is 12.3 Å². The highest BCUT2D eigenvalue weighted by Gasteiger charge is 1.96. The topological polar surface area (TPSA) is 29.9 Å². The Hall–Kier alpha value is -1.26. The molecule has 19 heavy (non-hydrogen) atoms. The summed E-state index contributed by atoms with van der Waals surface area (Å²) in [6.07, 6.45) is 6.89. The summed E-state index contributed by atoms with van der Waals surface area (Å²) in [7, 11) is 0. The Morgan fingerprint density at radius 2 is 2.11 bits per heavy atom. The molecular formula is C15H21N3S. The first-order valence-electron chi connectivity index (χ1n) is 6.76. The van der Waals surface area contributed by atoms with Gasteiger partial charge in [0, 0.05) is 30.4 Å². The summed E-state index contributed by atoms with van der Waals surface area (Å²) in [6, 6.07) is 8.85. The minimum atomic E-state index is 0.960. The molecule has 0 aliphatic carbocycles. The number of rotatable bonds is 8. The molecule has 2 rings (SSSR count). The van der Waals surface area contributed by atoms with E-state index in [0.717, 1.165) is 25.4 Å². The van der Waals surface area contributed by atoms with Crippen LogP contribution in [0, 0.1) is 0 Å². The van der Waals surface area contributed by atoms with E-state index < -0.39 is 0 Å². The zero-order chi connectivity index (χ0) is 13.3. The highest BCUT2D eigenvalue weighted by atomic mass is 32.2. The van der Waals surface area contributed by atoms with Gasteiger partial charge in [0.15, 0.2) is 0 Å². The third-order valence-corrected chi connectivity index (χ3v) is 3.99. The first-order chi connectivity index (χ1) is 9.38. The molecule has 1 aromatic carbocycles. The number of hydrogen-bond acceptors (Lipinski definition) is 3. The molecule has 102 valence electrons. The van der Waals surface area contributed by atoms with Gasteiger partial charge in [0.25, 0.3) is 0 Å². The molecule has 0 amide bonds. The Balaban J connectivity index is 1.68. The van der Waals surface area contributed by atoms with Crippen molar-refractivity contribution >= 4 is 11.8 Å². The summed E-state index contributed by atoms with van der Waals surface area (Å²) in [5.41, 5.74) is 1.35. The van der Waals surface area contributed by atoms with E-state index in [-0.39, 0.29) is 0 Å². The monoisotopic (exact) mass is 275 g/mol. The van der Waals surface area contributed by atoms with Crippen molar-refractivity contribution < 1.29 is 0 Å². The molecule has 0 atom stereocenters. The summed E-state index contributed by atoms with van der Waals surface area (Å²) >= 11 is 1.92. The van der Waals surface area contributed by atoms with Crippen molar-refractivity contribution in [3.05, 3.63) is 48.5 Å². The Morgan fingerprint density at radius 3 is 2.79 bits per heavy atom. The van der Waals surface area contributed by atoms with E-state index in [2.05, 4.69) is 46.1 Å². The summed E-state index contributed by atoms with van der Waals surface area (Å²) in [5.74, 6) is 1.14. The maximum atomic E-state index is 4.04. The number of benzene rings is 1. The first kappa shape index (κ1) is 14.2. The van der Waals surface area contributed by atoms with E-state index in [1.807, 2.05) is 30.5 Å². The van der Waals surface area contributed by atoms with Gasteiger partial charge >= 0.3 is 0 Å². The SMILES string of the molecule is CCNCc1ccc(SCCCn2ccnc2)cc1. The highest BCUT2D eigenvalue weighted by Crippen LogP contribution is 2.19. The molecule has 0 unspecified atom stereocenters. The second kappa shape index (κ2) is 8.02. The van der Waals surface area contributed by atoms with Crippen LogP contribution in [0.2, 0.25) is 0 Å². The van der Waals surface area contributed by atoms with E-state index in [1.165, 1.54) is 16.9 Å². The predicted octanol–water partition coefficient (Wildman–Crippen LogP) is 3.18. The van der Waals surface area contributed by atoms with Gasteiger partial charge in [-0.2, -0.15) is 0 Å². The first-order valence-corrected chi connectivity index (χ1v) is 7.75. The smallest absolute Gasteiger partial charge is 0.0945 e. The van der Waals surface area contributed by atoms with Crippen molar-refractivity contribution in [3.63, 3.8) is 0 Å². The second-order valence-electron chi connectivity index (χ2n) is 4.43.